The van der Waals surface area contributed by atoms with Crippen LogP contribution in [0.25, 0.3) is 10.6 Å². The predicted octanol–water partition coefficient (Wildman–Crippen LogP) is 6.34. The zero-order chi connectivity index (χ0) is 22.8. The number of nitrogens with zero attached hydrogens (tertiary/aromatic N) is 1. The van der Waals surface area contributed by atoms with Crippen molar-refractivity contribution in [1.29, 1.82) is 0 Å². The van der Waals surface area contributed by atoms with E-state index >= 15 is 0 Å². The van der Waals surface area contributed by atoms with Crippen molar-refractivity contribution in [2.24, 2.45) is 0 Å². The van der Waals surface area contributed by atoms with Crippen LogP contribution in [-0.2, 0) is 16.7 Å². The maximum Gasteiger partial charge on any atom is 0.419 e. The molecule has 0 aliphatic rings. The van der Waals surface area contributed by atoms with Gasteiger partial charge in [0.25, 0.3) is 0 Å². The number of aromatic nitrogens is 1. The molecular weight excluding hydrogens is 454 g/mol. The summed E-state index contributed by atoms with van der Waals surface area (Å²) in [6.07, 6.45) is -4.75. The van der Waals surface area contributed by atoms with Crippen molar-refractivity contribution in [3.63, 3.8) is 0 Å². The van der Waals surface area contributed by atoms with E-state index in [9.17, 15) is 22.4 Å². The summed E-state index contributed by atoms with van der Waals surface area (Å²) in [5.41, 5.74) is 0.602. The van der Waals surface area contributed by atoms with E-state index in [4.69, 9.17) is 9.84 Å². The minimum absolute atomic E-state index is 0.287. The number of aliphatic carboxylic acids is 1. The van der Waals surface area contributed by atoms with Crippen LogP contribution in [0.15, 0.2) is 41.3 Å². The summed E-state index contributed by atoms with van der Waals surface area (Å²) in [4.78, 5) is 16.8. The van der Waals surface area contributed by atoms with E-state index in [1.54, 1.807) is 19.1 Å². The highest BCUT2D eigenvalue weighted by molar-refractivity contribution is 7.98. The smallest absolute Gasteiger partial charge is 0.419 e. The van der Waals surface area contributed by atoms with Gasteiger partial charge in [0.1, 0.15) is 16.6 Å². The van der Waals surface area contributed by atoms with Crippen molar-refractivity contribution < 1.29 is 32.2 Å². The number of aryl methyl sites for hydroxylation is 2. The maximum absolute atomic E-state index is 13.9. The molecule has 0 amide bonds. The number of carboxylic acids is 1. The zero-order valence-electron chi connectivity index (χ0n) is 16.4. The van der Waals surface area contributed by atoms with Crippen LogP contribution in [0.4, 0.5) is 17.6 Å². The van der Waals surface area contributed by atoms with Crippen LogP contribution < -0.4 is 4.74 Å². The Bertz CT molecular complexity index is 1110. The van der Waals surface area contributed by atoms with E-state index in [2.05, 4.69) is 4.98 Å². The van der Waals surface area contributed by atoms with Crippen LogP contribution in [0.5, 0.6) is 5.75 Å². The molecule has 3 aromatic rings. The lowest BCUT2D eigenvalue weighted by atomic mass is 10.1. The molecule has 1 aromatic heterocycles. The fraction of sp³-hybridized carbons (Fsp3) is 0.238. The second-order valence-corrected chi connectivity index (χ2v) is 8.81. The number of thiazole rings is 1. The highest BCUT2D eigenvalue weighted by atomic mass is 32.2. The van der Waals surface area contributed by atoms with Gasteiger partial charge in [0.15, 0.2) is 6.61 Å². The van der Waals surface area contributed by atoms with Gasteiger partial charge >= 0.3 is 12.1 Å². The standard InChI is InChI=1S/C21H17F4NO3S2/c1-11-5-14(29-9-19(27)28)8-15(6-11)30-10-18-12(2)26-20(31-18)13-3-4-16(17(22)7-13)21(23,24)25/h3-8H,9-10H2,1-2H3,(H,27,28). The molecule has 3 rings (SSSR count). The zero-order valence-corrected chi connectivity index (χ0v) is 18.1. The SMILES string of the molecule is Cc1cc(OCC(=O)O)cc(SCc2sc(-c3ccc(C(F)(F)F)c(F)c3)nc2C)c1. The Labute approximate surface area is 183 Å². The molecular formula is C21H17F4NO3S2. The number of benzene rings is 2. The second kappa shape index (κ2) is 9.27. The highest BCUT2D eigenvalue weighted by Gasteiger charge is 2.34. The average Bonchev–Trinajstić information content (AvgIpc) is 3.04. The van der Waals surface area contributed by atoms with Gasteiger partial charge in [-0.2, -0.15) is 13.2 Å². The van der Waals surface area contributed by atoms with Crippen molar-refractivity contribution >= 4 is 29.1 Å². The van der Waals surface area contributed by atoms with Gasteiger partial charge in [0.05, 0.1) is 11.3 Å². The van der Waals surface area contributed by atoms with Gasteiger partial charge in [-0.25, -0.2) is 14.2 Å². The molecule has 0 spiro atoms. The third kappa shape index (κ3) is 5.98. The molecule has 0 saturated heterocycles. The summed E-state index contributed by atoms with van der Waals surface area (Å²) in [6, 6.07) is 8.20. The Morgan fingerprint density at radius 3 is 2.58 bits per heavy atom. The first-order valence-electron chi connectivity index (χ1n) is 8.95. The van der Waals surface area contributed by atoms with Crippen LogP contribution in [-0.4, -0.2) is 22.7 Å². The van der Waals surface area contributed by atoms with E-state index in [1.807, 2.05) is 13.0 Å². The molecule has 1 N–H and O–H groups in total. The second-order valence-electron chi connectivity index (χ2n) is 6.67. The quantitative estimate of drug-likeness (QED) is 0.322. The first-order chi connectivity index (χ1) is 14.5. The third-order valence-electron chi connectivity index (χ3n) is 4.17. The normalized spacial score (nSPS) is 11.5. The Hall–Kier alpha value is -2.59. The molecule has 2 aromatic carbocycles. The summed E-state index contributed by atoms with van der Waals surface area (Å²) in [7, 11) is 0. The van der Waals surface area contributed by atoms with Crippen LogP contribution in [0.2, 0.25) is 0 Å². The molecule has 4 nitrogen and oxygen atoms in total. The minimum Gasteiger partial charge on any atom is -0.482 e. The Kier molecular flexibility index (Phi) is 6.90. The van der Waals surface area contributed by atoms with Gasteiger partial charge in [-0.15, -0.1) is 23.1 Å². The van der Waals surface area contributed by atoms with Crippen molar-refractivity contribution in [3.8, 4) is 16.3 Å². The first-order valence-corrected chi connectivity index (χ1v) is 10.8. The monoisotopic (exact) mass is 471 g/mol. The lowest BCUT2D eigenvalue weighted by Gasteiger charge is -2.08. The van der Waals surface area contributed by atoms with E-state index < -0.39 is 30.1 Å². The number of rotatable bonds is 7. The number of halogens is 4. The van der Waals surface area contributed by atoms with E-state index in [0.29, 0.717) is 22.2 Å². The molecule has 10 heteroatoms. The lowest BCUT2D eigenvalue weighted by Crippen LogP contribution is -2.09. The summed E-state index contributed by atoms with van der Waals surface area (Å²) in [6.45, 7) is 3.22. The number of hydrogen-bond donors (Lipinski definition) is 1. The number of carboxylic acid groups (broad SMARTS) is 1. The molecule has 164 valence electrons. The van der Waals surface area contributed by atoms with E-state index in [1.165, 1.54) is 29.2 Å². The molecule has 0 atom stereocenters. The lowest BCUT2D eigenvalue weighted by molar-refractivity contribution is -0.140. The largest absolute Gasteiger partial charge is 0.482 e. The number of thioether (sulfide) groups is 1. The van der Waals surface area contributed by atoms with Crippen molar-refractivity contribution in [3.05, 3.63) is 63.9 Å². The van der Waals surface area contributed by atoms with E-state index in [-0.39, 0.29) is 5.56 Å². The summed E-state index contributed by atoms with van der Waals surface area (Å²) < 4.78 is 57.4. The molecule has 0 saturated carbocycles. The Balaban J connectivity index is 1.75. The van der Waals surface area contributed by atoms with E-state index in [0.717, 1.165) is 27.5 Å². The van der Waals surface area contributed by atoms with Crippen molar-refractivity contribution in [2.75, 3.05) is 6.61 Å². The van der Waals surface area contributed by atoms with Crippen LogP contribution in [0.3, 0.4) is 0 Å². The number of ether oxygens (including phenoxy) is 1. The molecule has 31 heavy (non-hydrogen) atoms. The van der Waals surface area contributed by atoms with Crippen molar-refractivity contribution in [2.45, 2.75) is 30.7 Å². The number of carbonyl (C=O) groups is 1. The Morgan fingerprint density at radius 1 is 1.19 bits per heavy atom. The van der Waals surface area contributed by atoms with Gasteiger partial charge in [-0.05, 0) is 49.7 Å². The molecule has 0 fully saturated rings. The topological polar surface area (TPSA) is 59.4 Å². The van der Waals surface area contributed by atoms with Crippen LogP contribution in [0, 0.1) is 19.7 Å². The highest BCUT2D eigenvalue weighted by Crippen LogP contribution is 2.37. The van der Waals surface area contributed by atoms with Gasteiger partial charge in [0, 0.05) is 21.1 Å². The summed E-state index contributed by atoms with van der Waals surface area (Å²) in [5, 5.41) is 9.19. The maximum atomic E-state index is 13.9. The van der Waals surface area contributed by atoms with Crippen LogP contribution >= 0.6 is 23.1 Å². The molecule has 1 heterocycles. The summed E-state index contributed by atoms with van der Waals surface area (Å²) in [5.74, 6) is -1.41. The van der Waals surface area contributed by atoms with Gasteiger partial charge < -0.3 is 9.84 Å². The molecule has 0 aliphatic heterocycles. The fourth-order valence-corrected chi connectivity index (χ4v) is 4.98. The average molecular weight is 471 g/mol. The summed E-state index contributed by atoms with van der Waals surface area (Å²) >= 11 is 2.78. The third-order valence-corrected chi connectivity index (χ3v) is 6.56. The molecule has 0 radical (unpaired) electrons. The molecule has 0 bridgehead atoms. The molecule has 0 aliphatic carbocycles. The van der Waals surface area contributed by atoms with Gasteiger partial charge in [0.2, 0.25) is 0 Å². The number of alkyl halides is 3. The van der Waals surface area contributed by atoms with Gasteiger partial charge in [-0.3, -0.25) is 0 Å². The van der Waals surface area contributed by atoms with Crippen LogP contribution in [0.1, 0.15) is 21.7 Å². The van der Waals surface area contributed by atoms with Gasteiger partial charge in [-0.1, -0.05) is 6.07 Å². The minimum atomic E-state index is -4.75. The predicted molar refractivity (Wildman–Crippen MR) is 111 cm³/mol. The Morgan fingerprint density at radius 2 is 1.94 bits per heavy atom. The fourth-order valence-electron chi connectivity index (χ4n) is 2.74. The molecule has 0 unspecified atom stereocenters. The number of hydrogen-bond acceptors (Lipinski definition) is 5. The van der Waals surface area contributed by atoms with Crippen molar-refractivity contribution in [1.82, 2.24) is 4.98 Å². The first kappa shape index (κ1) is 23.1.